The first-order chi connectivity index (χ1) is 8.11. The van der Waals surface area contributed by atoms with Crippen LogP contribution >= 0.6 is 27.7 Å². The van der Waals surface area contributed by atoms with E-state index in [0.717, 1.165) is 4.47 Å². The van der Waals surface area contributed by atoms with E-state index in [-0.39, 0.29) is 12.0 Å². The molecular formula is C12H14BrNO2S. The summed E-state index contributed by atoms with van der Waals surface area (Å²) in [6.07, 6.45) is 2.70. The van der Waals surface area contributed by atoms with Gasteiger partial charge in [0.25, 0.3) is 0 Å². The zero-order valence-corrected chi connectivity index (χ0v) is 11.8. The molecule has 92 valence electrons. The summed E-state index contributed by atoms with van der Waals surface area (Å²) < 4.78 is 1.03. The van der Waals surface area contributed by atoms with E-state index in [1.54, 1.807) is 11.8 Å². The van der Waals surface area contributed by atoms with Gasteiger partial charge < -0.3 is 10.4 Å². The Hall–Kier alpha value is -0.520. The van der Waals surface area contributed by atoms with Crippen molar-refractivity contribution in [2.45, 2.75) is 17.4 Å². The lowest BCUT2D eigenvalue weighted by Gasteiger charge is -2.15. The third kappa shape index (κ3) is 2.84. The summed E-state index contributed by atoms with van der Waals surface area (Å²) in [5.74, 6) is -0.977. The predicted octanol–water partition coefficient (Wildman–Crippen LogP) is 2.91. The molecule has 0 saturated carbocycles. The first-order valence-electron chi connectivity index (χ1n) is 5.41. The molecule has 2 rings (SSSR count). The maximum Gasteiger partial charge on any atom is 0.307 e. The molecule has 1 aromatic rings. The molecule has 2 unspecified atom stereocenters. The van der Waals surface area contributed by atoms with E-state index in [9.17, 15) is 4.79 Å². The second kappa shape index (κ2) is 5.42. The molecule has 1 aliphatic heterocycles. The van der Waals surface area contributed by atoms with Gasteiger partial charge in [0.15, 0.2) is 0 Å². The number of halogens is 1. The van der Waals surface area contributed by atoms with Gasteiger partial charge in [-0.1, -0.05) is 15.9 Å². The number of carbonyl (C=O) groups is 1. The Balaban J connectivity index is 2.23. The number of thioether (sulfide) groups is 1. The quantitative estimate of drug-likeness (QED) is 0.842. The summed E-state index contributed by atoms with van der Waals surface area (Å²) >= 11 is 5.16. The van der Waals surface area contributed by atoms with Gasteiger partial charge >= 0.3 is 5.97 Å². The molecule has 1 saturated heterocycles. The Labute approximate surface area is 113 Å². The molecule has 0 radical (unpaired) electrons. The second-order valence-corrected chi connectivity index (χ2v) is 5.88. The number of carboxylic acids is 1. The minimum absolute atomic E-state index is 0.149. The van der Waals surface area contributed by atoms with Gasteiger partial charge in [0, 0.05) is 22.0 Å². The highest BCUT2D eigenvalue weighted by Gasteiger charge is 2.31. The van der Waals surface area contributed by atoms with Crippen molar-refractivity contribution in [3.63, 3.8) is 0 Å². The van der Waals surface area contributed by atoms with Gasteiger partial charge in [0.1, 0.15) is 0 Å². The van der Waals surface area contributed by atoms with E-state index in [4.69, 9.17) is 5.11 Å². The molecule has 2 atom stereocenters. The van der Waals surface area contributed by atoms with Crippen molar-refractivity contribution in [1.29, 1.82) is 0 Å². The molecule has 5 heteroatoms. The van der Waals surface area contributed by atoms with Crippen molar-refractivity contribution in [3.8, 4) is 0 Å². The fraction of sp³-hybridized carbons (Fsp3) is 0.417. The van der Waals surface area contributed by atoms with Gasteiger partial charge in [-0.15, -0.1) is 11.8 Å². The van der Waals surface area contributed by atoms with Gasteiger partial charge in [-0.3, -0.25) is 4.79 Å². The molecule has 0 aliphatic carbocycles. The summed E-state index contributed by atoms with van der Waals surface area (Å²) in [6, 6.07) is 6.31. The lowest BCUT2D eigenvalue weighted by atomic mass is 10.0. The highest BCUT2D eigenvalue weighted by molar-refractivity contribution is 9.10. The first kappa shape index (κ1) is 12.9. The third-order valence-corrected chi connectivity index (χ3v) is 4.35. The molecule has 17 heavy (non-hydrogen) atoms. The van der Waals surface area contributed by atoms with Crippen molar-refractivity contribution < 1.29 is 9.90 Å². The van der Waals surface area contributed by atoms with E-state index in [2.05, 4.69) is 33.4 Å². The molecule has 0 amide bonds. The molecule has 2 N–H and O–H groups in total. The first-order valence-corrected chi connectivity index (χ1v) is 7.43. The third-order valence-electron chi connectivity index (χ3n) is 3.05. The van der Waals surface area contributed by atoms with E-state index in [1.165, 1.54) is 10.5 Å². The molecular weight excluding hydrogens is 302 g/mol. The topological polar surface area (TPSA) is 49.3 Å². The van der Waals surface area contributed by atoms with Crippen molar-refractivity contribution in [2.24, 2.45) is 5.92 Å². The lowest BCUT2D eigenvalue weighted by molar-refractivity contribution is -0.141. The minimum atomic E-state index is -0.708. The van der Waals surface area contributed by atoms with Crippen LogP contribution in [0.5, 0.6) is 0 Å². The summed E-state index contributed by atoms with van der Waals surface area (Å²) in [6.45, 7) is 0.556. The normalized spacial score (nSPS) is 23.9. The monoisotopic (exact) mass is 315 g/mol. The van der Waals surface area contributed by atoms with Crippen molar-refractivity contribution in [3.05, 3.63) is 28.2 Å². The average Bonchev–Trinajstić information content (AvgIpc) is 2.78. The maximum atomic E-state index is 10.9. The maximum absolute atomic E-state index is 10.9. The number of rotatable bonds is 3. The SMILES string of the molecule is CSc1ccc(Br)cc1C1CC(C(=O)O)CN1. The summed E-state index contributed by atoms with van der Waals surface area (Å²) in [4.78, 5) is 12.2. The number of aliphatic carboxylic acids is 1. The van der Waals surface area contributed by atoms with Crippen LogP contribution in [0.2, 0.25) is 0 Å². The molecule has 1 aromatic carbocycles. The van der Waals surface area contributed by atoms with Crippen LogP contribution in [0, 0.1) is 5.92 Å². The number of hydrogen-bond donors (Lipinski definition) is 2. The van der Waals surface area contributed by atoms with E-state index < -0.39 is 5.97 Å². The summed E-state index contributed by atoms with van der Waals surface area (Å²) in [5.41, 5.74) is 1.19. The molecule has 0 aromatic heterocycles. The van der Waals surface area contributed by atoms with Crippen LogP contribution in [0.25, 0.3) is 0 Å². The van der Waals surface area contributed by atoms with Gasteiger partial charge in [0.05, 0.1) is 5.92 Å². The highest BCUT2D eigenvalue weighted by Crippen LogP contribution is 2.34. The molecule has 1 fully saturated rings. The Morgan fingerprint density at radius 2 is 2.35 bits per heavy atom. The van der Waals surface area contributed by atoms with E-state index in [0.29, 0.717) is 13.0 Å². The van der Waals surface area contributed by atoms with E-state index >= 15 is 0 Å². The van der Waals surface area contributed by atoms with Gasteiger partial charge in [0.2, 0.25) is 0 Å². The smallest absolute Gasteiger partial charge is 0.307 e. The predicted molar refractivity (Wildman–Crippen MR) is 72.4 cm³/mol. The number of carboxylic acid groups (broad SMARTS) is 1. The van der Waals surface area contributed by atoms with Crippen LogP contribution in [0.3, 0.4) is 0 Å². The van der Waals surface area contributed by atoms with Crippen LogP contribution < -0.4 is 5.32 Å². The van der Waals surface area contributed by atoms with Crippen LogP contribution in [0.1, 0.15) is 18.0 Å². The van der Waals surface area contributed by atoms with Gasteiger partial charge in [-0.05, 0) is 36.4 Å². The number of nitrogens with one attached hydrogen (secondary N) is 1. The largest absolute Gasteiger partial charge is 0.481 e. The fourth-order valence-electron chi connectivity index (χ4n) is 2.14. The second-order valence-electron chi connectivity index (χ2n) is 4.12. The van der Waals surface area contributed by atoms with Crippen LogP contribution in [-0.2, 0) is 4.79 Å². The fourth-order valence-corrected chi connectivity index (χ4v) is 3.16. The zero-order chi connectivity index (χ0) is 12.4. The van der Waals surface area contributed by atoms with Crippen LogP contribution in [0.15, 0.2) is 27.6 Å². The van der Waals surface area contributed by atoms with Crippen molar-refractivity contribution in [1.82, 2.24) is 5.32 Å². The van der Waals surface area contributed by atoms with Gasteiger partial charge in [-0.25, -0.2) is 0 Å². The van der Waals surface area contributed by atoms with E-state index in [1.807, 2.05) is 12.3 Å². The molecule has 0 bridgehead atoms. The standard InChI is InChI=1S/C12H14BrNO2S/c1-17-11-3-2-8(13)5-9(11)10-4-7(6-14-10)12(15)16/h2-3,5,7,10,14H,4,6H2,1H3,(H,15,16). The average molecular weight is 316 g/mol. The Bertz CT molecular complexity index is 439. The summed E-state index contributed by atoms with van der Waals surface area (Å²) in [7, 11) is 0. The number of hydrogen-bond acceptors (Lipinski definition) is 3. The number of benzene rings is 1. The van der Waals surface area contributed by atoms with Crippen molar-refractivity contribution >= 4 is 33.7 Å². The van der Waals surface area contributed by atoms with Gasteiger partial charge in [-0.2, -0.15) is 0 Å². The summed E-state index contributed by atoms with van der Waals surface area (Å²) in [5, 5.41) is 12.3. The lowest BCUT2D eigenvalue weighted by Crippen LogP contribution is -2.17. The zero-order valence-electron chi connectivity index (χ0n) is 9.44. The minimum Gasteiger partial charge on any atom is -0.481 e. The Morgan fingerprint density at radius 1 is 1.59 bits per heavy atom. The highest BCUT2D eigenvalue weighted by atomic mass is 79.9. The molecule has 3 nitrogen and oxygen atoms in total. The van der Waals surface area contributed by atoms with Crippen molar-refractivity contribution in [2.75, 3.05) is 12.8 Å². The van der Waals surface area contributed by atoms with Crippen LogP contribution in [-0.4, -0.2) is 23.9 Å². The Kier molecular flexibility index (Phi) is 4.12. The Morgan fingerprint density at radius 3 is 2.94 bits per heavy atom. The molecule has 0 spiro atoms. The molecule has 1 heterocycles. The molecule has 1 aliphatic rings. The van der Waals surface area contributed by atoms with Crippen LogP contribution in [0.4, 0.5) is 0 Å².